The van der Waals surface area contributed by atoms with Crippen LogP contribution < -0.4 is 5.73 Å². The second-order valence-corrected chi connectivity index (χ2v) is 6.76. The number of benzene rings is 1. The molecule has 6 nitrogen and oxygen atoms in total. The highest BCUT2D eigenvalue weighted by Gasteiger charge is 2.22. The molecule has 1 amide bonds. The molecule has 2 rings (SSSR count). The molecule has 2 aromatic rings. The van der Waals surface area contributed by atoms with Gasteiger partial charge in [-0.3, -0.25) is 4.79 Å². The fourth-order valence-corrected chi connectivity index (χ4v) is 3.11. The molecule has 0 radical (unpaired) electrons. The van der Waals surface area contributed by atoms with Crippen molar-refractivity contribution in [3.05, 3.63) is 24.0 Å². The zero-order chi connectivity index (χ0) is 15.1. The van der Waals surface area contributed by atoms with E-state index in [1.807, 2.05) is 0 Å². The van der Waals surface area contributed by atoms with Crippen molar-refractivity contribution in [2.45, 2.75) is 23.7 Å². The zero-order valence-corrected chi connectivity index (χ0v) is 12.6. The minimum atomic E-state index is -3.42. The Kier molecular flexibility index (Phi) is 3.75. The third kappa shape index (κ3) is 2.38. The quantitative estimate of drug-likeness (QED) is 0.858. The molecule has 0 bridgehead atoms. The Labute approximate surface area is 121 Å². The van der Waals surface area contributed by atoms with Crippen molar-refractivity contribution in [3.63, 3.8) is 0 Å². The van der Waals surface area contributed by atoms with E-state index in [1.165, 1.54) is 6.07 Å². The lowest BCUT2D eigenvalue weighted by atomic mass is 10.2. The summed E-state index contributed by atoms with van der Waals surface area (Å²) >= 11 is 5.83. The summed E-state index contributed by atoms with van der Waals surface area (Å²) in [5, 5.41) is 0. The number of amides is 1. The second-order valence-electron chi connectivity index (χ2n) is 4.51. The number of para-hydroxylation sites is 1. The molecule has 1 unspecified atom stereocenters. The molecule has 0 fully saturated rings. The number of fused-ring (bicyclic) bond motifs is 1. The predicted molar refractivity (Wildman–Crippen MR) is 76.3 cm³/mol. The van der Waals surface area contributed by atoms with E-state index in [-0.39, 0.29) is 10.8 Å². The first-order valence-electron chi connectivity index (χ1n) is 5.82. The highest BCUT2D eigenvalue weighted by Crippen LogP contribution is 2.27. The Morgan fingerprint density at radius 3 is 2.65 bits per heavy atom. The van der Waals surface area contributed by atoms with Crippen LogP contribution in [0.5, 0.6) is 0 Å². The van der Waals surface area contributed by atoms with Crippen LogP contribution in [0.3, 0.4) is 0 Å². The van der Waals surface area contributed by atoms with Gasteiger partial charge in [-0.2, -0.15) is 0 Å². The molecule has 0 aliphatic rings. The largest absolute Gasteiger partial charge is 0.368 e. The van der Waals surface area contributed by atoms with E-state index in [1.54, 1.807) is 23.6 Å². The predicted octanol–water partition coefficient (Wildman–Crippen LogP) is 1.22. The van der Waals surface area contributed by atoms with Gasteiger partial charge in [0.2, 0.25) is 5.91 Å². The second kappa shape index (κ2) is 5.06. The number of nitrogens with two attached hydrogens (primary N) is 1. The third-order valence-electron chi connectivity index (χ3n) is 3.07. The normalized spacial score (nSPS) is 13.6. The van der Waals surface area contributed by atoms with Crippen LogP contribution in [0.2, 0.25) is 0 Å². The number of hydrogen-bond acceptors (Lipinski definition) is 4. The molecule has 20 heavy (non-hydrogen) atoms. The van der Waals surface area contributed by atoms with Gasteiger partial charge in [-0.25, -0.2) is 13.4 Å². The molecule has 2 N–H and O–H groups in total. The van der Waals surface area contributed by atoms with Gasteiger partial charge in [0.05, 0.1) is 16.3 Å². The number of aromatic nitrogens is 2. The van der Waals surface area contributed by atoms with Gasteiger partial charge in [0.1, 0.15) is 17.4 Å². The molecule has 0 saturated heterocycles. The van der Waals surface area contributed by atoms with Gasteiger partial charge in [-0.05, 0) is 19.1 Å². The van der Waals surface area contributed by atoms with E-state index in [9.17, 15) is 13.2 Å². The Morgan fingerprint density at radius 2 is 2.15 bits per heavy atom. The standard InChI is InChI=1S/C12H14ClN3O3S/c1-7(12(14)17)16-8-4-3-5-9(20(2,18)19)11(8)15-10(16)6-13/h3-5,7H,6H2,1-2H3,(H2,14,17). The van der Waals surface area contributed by atoms with Crippen LogP contribution in [0, 0.1) is 0 Å². The molecular weight excluding hydrogens is 302 g/mol. The van der Waals surface area contributed by atoms with Gasteiger partial charge in [-0.15, -0.1) is 11.6 Å². The average Bonchev–Trinajstić information content (AvgIpc) is 2.74. The van der Waals surface area contributed by atoms with Crippen LogP contribution in [-0.4, -0.2) is 30.1 Å². The topological polar surface area (TPSA) is 95.1 Å². The molecule has 0 aliphatic carbocycles. The first-order chi connectivity index (χ1) is 9.27. The molecule has 0 aliphatic heterocycles. The van der Waals surface area contributed by atoms with Crippen molar-refractivity contribution >= 4 is 38.4 Å². The number of alkyl halides is 1. The van der Waals surface area contributed by atoms with E-state index in [2.05, 4.69) is 4.98 Å². The van der Waals surface area contributed by atoms with Gasteiger partial charge in [-0.1, -0.05) is 6.07 Å². The van der Waals surface area contributed by atoms with Crippen LogP contribution in [0.25, 0.3) is 11.0 Å². The maximum Gasteiger partial charge on any atom is 0.240 e. The lowest BCUT2D eigenvalue weighted by molar-refractivity contribution is -0.120. The smallest absolute Gasteiger partial charge is 0.240 e. The van der Waals surface area contributed by atoms with Crippen molar-refractivity contribution in [2.75, 3.05) is 6.26 Å². The maximum absolute atomic E-state index is 11.8. The van der Waals surface area contributed by atoms with Crippen LogP contribution in [0.4, 0.5) is 0 Å². The number of halogens is 1. The molecule has 1 atom stereocenters. The molecule has 1 aromatic heterocycles. The van der Waals surface area contributed by atoms with Gasteiger partial charge in [0.25, 0.3) is 0 Å². The summed E-state index contributed by atoms with van der Waals surface area (Å²) in [5.41, 5.74) is 6.14. The van der Waals surface area contributed by atoms with E-state index in [0.717, 1.165) is 6.26 Å². The van der Waals surface area contributed by atoms with Crippen molar-refractivity contribution in [1.82, 2.24) is 9.55 Å². The van der Waals surface area contributed by atoms with Crippen molar-refractivity contribution in [3.8, 4) is 0 Å². The van der Waals surface area contributed by atoms with E-state index >= 15 is 0 Å². The summed E-state index contributed by atoms with van der Waals surface area (Å²) in [6, 6.07) is 4.10. The van der Waals surface area contributed by atoms with Crippen LogP contribution >= 0.6 is 11.6 Å². The summed E-state index contributed by atoms with van der Waals surface area (Å²) < 4.78 is 25.1. The van der Waals surface area contributed by atoms with E-state index in [4.69, 9.17) is 17.3 Å². The average molecular weight is 316 g/mol. The Hall–Kier alpha value is -1.60. The van der Waals surface area contributed by atoms with Crippen molar-refractivity contribution in [2.24, 2.45) is 5.73 Å². The van der Waals surface area contributed by atoms with Gasteiger partial charge >= 0.3 is 0 Å². The summed E-state index contributed by atoms with van der Waals surface area (Å²) in [6.07, 6.45) is 1.11. The Balaban J connectivity index is 2.86. The highest BCUT2D eigenvalue weighted by molar-refractivity contribution is 7.91. The van der Waals surface area contributed by atoms with E-state index in [0.29, 0.717) is 16.9 Å². The van der Waals surface area contributed by atoms with Gasteiger partial charge < -0.3 is 10.3 Å². The maximum atomic E-state index is 11.8. The minimum Gasteiger partial charge on any atom is -0.368 e. The summed E-state index contributed by atoms with van der Waals surface area (Å²) in [6.45, 7) is 1.62. The number of carbonyl (C=O) groups is 1. The van der Waals surface area contributed by atoms with Crippen LogP contribution in [0.15, 0.2) is 23.1 Å². The summed E-state index contributed by atoms with van der Waals surface area (Å²) in [4.78, 5) is 15.8. The summed E-state index contributed by atoms with van der Waals surface area (Å²) in [7, 11) is -3.42. The number of primary amides is 1. The van der Waals surface area contributed by atoms with Gasteiger partial charge in [0.15, 0.2) is 9.84 Å². The Morgan fingerprint density at radius 1 is 1.50 bits per heavy atom. The first kappa shape index (κ1) is 14.8. The minimum absolute atomic E-state index is 0.0511. The third-order valence-corrected chi connectivity index (χ3v) is 4.44. The van der Waals surface area contributed by atoms with Gasteiger partial charge in [0, 0.05) is 6.26 Å². The Bertz CT molecular complexity index is 783. The number of rotatable bonds is 4. The fourth-order valence-electron chi connectivity index (χ4n) is 2.09. The molecule has 0 saturated carbocycles. The number of nitrogens with zero attached hydrogens (tertiary/aromatic N) is 2. The molecule has 1 aromatic carbocycles. The lowest BCUT2D eigenvalue weighted by Crippen LogP contribution is -2.25. The number of carbonyl (C=O) groups excluding carboxylic acids is 1. The highest BCUT2D eigenvalue weighted by atomic mass is 35.5. The molecule has 8 heteroatoms. The fraction of sp³-hybridized carbons (Fsp3) is 0.333. The number of imidazole rings is 1. The molecule has 1 heterocycles. The first-order valence-corrected chi connectivity index (χ1v) is 8.25. The monoisotopic (exact) mass is 315 g/mol. The van der Waals surface area contributed by atoms with Crippen molar-refractivity contribution < 1.29 is 13.2 Å². The van der Waals surface area contributed by atoms with Crippen LogP contribution in [0.1, 0.15) is 18.8 Å². The van der Waals surface area contributed by atoms with Crippen LogP contribution in [-0.2, 0) is 20.5 Å². The molecule has 0 spiro atoms. The molecule has 108 valence electrons. The SMILES string of the molecule is CC(C(N)=O)n1c(CCl)nc2c(S(C)(=O)=O)cccc21. The lowest BCUT2D eigenvalue weighted by Gasteiger charge is -2.13. The van der Waals surface area contributed by atoms with Crippen molar-refractivity contribution in [1.29, 1.82) is 0 Å². The summed E-state index contributed by atoms with van der Waals surface area (Å²) in [5.74, 6) is -0.0836. The zero-order valence-electron chi connectivity index (χ0n) is 11.0. The number of sulfone groups is 1. The number of hydrogen-bond donors (Lipinski definition) is 1. The van der Waals surface area contributed by atoms with E-state index < -0.39 is 21.8 Å². The molecular formula is C12H14ClN3O3S.